The number of rotatable bonds is 11. The number of nitrogens with one attached hydrogen (secondary N) is 6. The molecule has 3 amide bonds. The zero-order valence-corrected chi connectivity index (χ0v) is 29.1. The zero-order chi connectivity index (χ0) is 36.8. The van der Waals surface area contributed by atoms with Crippen LogP contribution >= 0.6 is 0 Å². The van der Waals surface area contributed by atoms with E-state index in [1.54, 1.807) is 42.6 Å². The molecule has 274 valence electrons. The van der Waals surface area contributed by atoms with Crippen LogP contribution in [-0.4, -0.2) is 77.0 Å². The van der Waals surface area contributed by atoms with Gasteiger partial charge in [0.1, 0.15) is 5.82 Å². The van der Waals surface area contributed by atoms with Crippen molar-refractivity contribution < 1.29 is 18.8 Å². The summed E-state index contributed by atoms with van der Waals surface area (Å²) < 4.78 is 15.3. The van der Waals surface area contributed by atoms with Gasteiger partial charge < -0.3 is 20.9 Å². The Labute approximate surface area is 307 Å². The second-order valence-electron chi connectivity index (χ2n) is 15.1. The minimum absolute atomic E-state index is 0.0811. The number of fused-ring (bicyclic) bond motifs is 1. The Hall–Kier alpha value is -6.32. The van der Waals surface area contributed by atoms with Gasteiger partial charge in [-0.3, -0.25) is 14.4 Å². The Morgan fingerprint density at radius 3 is 2.06 bits per heavy atom. The van der Waals surface area contributed by atoms with Crippen LogP contribution in [-0.2, 0) is 4.79 Å². The van der Waals surface area contributed by atoms with Gasteiger partial charge in [-0.15, -0.1) is 20.4 Å². The molecule has 4 aliphatic rings. The molecule has 0 radical (unpaired) electrons. The largest absolute Gasteiger partial charge is 0.361 e. The second kappa shape index (κ2) is 13.6. The highest BCUT2D eigenvalue weighted by atomic mass is 19.1. The zero-order valence-electron chi connectivity index (χ0n) is 29.1. The molecule has 6 aromatic rings. The van der Waals surface area contributed by atoms with E-state index < -0.39 is 23.5 Å². The fourth-order valence-corrected chi connectivity index (χ4v) is 9.49. The van der Waals surface area contributed by atoms with Gasteiger partial charge in [0.15, 0.2) is 0 Å². The lowest BCUT2D eigenvalue weighted by molar-refractivity contribution is -0.117. The first-order valence-electron chi connectivity index (χ1n) is 18.1. The van der Waals surface area contributed by atoms with Gasteiger partial charge in [-0.25, -0.2) is 4.39 Å². The first-order chi connectivity index (χ1) is 26.3. The molecule has 16 heteroatoms. The summed E-state index contributed by atoms with van der Waals surface area (Å²) in [5.74, 6) is -0.527. The summed E-state index contributed by atoms with van der Waals surface area (Å²) in [5, 5.41) is 37.9. The molecule has 4 fully saturated rings. The van der Waals surface area contributed by atoms with E-state index in [4.69, 9.17) is 0 Å². The maximum atomic E-state index is 15.3. The first kappa shape index (κ1) is 33.5. The van der Waals surface area contributed by atoms with Gasteiger partial charge >= 0.3 is 0 Å². The fourth-order valence-electron chi connectivity index (χ4n) is 9.49. The van der Waals surface area contributed by atoms with E-state index in [-0.39, 0.29) is 46.2 Å². The van der Waals surface area contributed by atoms with Crippen LogP contribution in [0, 0.1) is 29.0 Å². The molecule has 4 saturated carbocycles. The Kier molecular flexibility index (Phi) is 8.43. The minimum atomic E-state index is -1.16. The smallest absolute Gasteiger partial charge is 0.252 e. The van der Waals surface area contributed by atoms with Crippen LogP contribution in [0.4, 0.5) is 10.1 Å². The lowest BCUT2D eigenvalue weighted by Crippen LogP contribution is -2.51. The molecule has 1 unspecified atom stereocenters. The fraction of sp³-hybridized carbons (Fsp3) is 0.342. The third-order valence-corrected chi connectivity index (χ3v) is 11.4. The summed E-state index contributed by atoms with van der Waals surface area (Å²) >= 11 is 0. The minimum Gasteiger partial charge on any atom is -0.361 e. The van der Waals surface area contributed by atoms with Gasteiger partial charge in [-0.2, -0.15) is 10.4 Å². The molecule has 15 nitrogen and oxygen atoms in total. The standard InChI is InChI=1S/C38H37FN12O3/c39-31-4-2-1-3-27(31)30(37(54)43-26-11-24(33-44-48-49-45-33)10-25(12-26)34-46-50-51-47-34)18-41-35(52)28-13-23-5-6-40-32(23)14-29(28)36(53)42-19-38-15-20-7-21(16-38)9-22(8-20)17-38/h1-6,10-14,20-22,30,40H,7-9,15-19H2,(H,41,52)(H,42,53)(H,43,54)(H,44,45,48,49)(H,46,47,50,51). The van der Waals surface area contributed by atoms with Crippen molar-refractivity contribution in [3.05, 3.63) is 89.4 Å². The summed E-state index contributed by atoms with van der Waals surface area (Å²) in [5.41, 5.74) is 2.60. The summed E-state index contributed by atoms with van der Waals surface area (Å²) in [6.07, 6.45) is 9.09. The molecule has 10 rings (SSSR count). The quantitative estimate of drug-likeness (QED) is 0.108. The van der Waals surface area contributed by atoms with Gasteiger partial charge in [0.2, 0.25) is 17.6 Å². The Morgan fingerprint density at radius 2 is 1.43 bits per heavy atom. The number of amides is 3. The normalized spacial score (nSPS) is 21.9. The molecule has 4 aliphatic carbocycles. The Bertz CT molecular complexity index is 2270. The summed E-state index contributed by atoms with van der Waals surface area (Å²) in [7, 11) is 0. The summed E-state index contributed by atoms with van der Waals surface area (Å²) in [6, 6.07) is 16.1. The van der Waals surface area contributed by atoms with E-state index in [0.29, 0.717) is 23.4 Å². The lowest BCUT2D eigenvalue weighted by atomic mass is 9.49. The molecule has 4 bridgehead atoms. The van der Waals surface area contributed by atoms with Crippen molar-refractivity contribution in [2.75, 3.05) is 18.4 Å². The Morgan fingerprint density at radius 1 is 0.796 bits per heavy atom. The first-order valence-corrected chi connectivity index (χ1v) is 18.1. The van der Waals surface area contributed by atoms with E-state index >= 15 is 4.39 Å². The summed E-state index contributed by atoms with van der Waals surface area (Å²) in [4.78, 5) is 45.2. The second-order valence-corrected chi connectivity index (χ2v) is 15.1. The topological polar surface area (TPSA) is 212 Å². The number of aromatic amines is 3. The van der Waals surface area contributed by atoms with Crippen molar-refractivity contribution in [2.24, 2.45) is 23.2 Å². The molecular weight excluding hydrogens is 691 g/mol. The van der Waals surface area contributed by atoms with Crippen molar-refractivity contribution in [3.63, 3.8) is 0 Å². The summed E-state index contributed by atoms with van der Waals surface area (Å²) in [6.45, 7) is 0.310. The van der Waals surface area contributed by atoms with Crippen molar-refractivity contribution in [1.29, 1.82) is 0 Å². The number of hydrogen-bond acceptors (Lipinski definition) is 9. The molecule has 0 spiro atoms. The highest BCUT2D eigenvalue weighted by Gasteiger charge is 2.50. The van der Waals surface area contributed by atoms with Crippen molar-refractivity contribution in [1.82, 2.24) is 56.9 Å². The van der Waals surface area contributed by atoms with Crippen molar-refractivity contribution in [2.45, 2.75) is 44.4 Å². The highest BCUT2D eigenvalue weighted by Crippen LogP contribution is 2.59. The maximum Gasteiger partial charge on any atom is 0.252 e. The van der Waals surface area contributed by atoms with E-state index in [2.05, 4.69) is 62.2 Å². The number of nitrogens with zero attached hydrogens (tertiary/aromatic N) is 6. The molecule has 0 aliphatic heterocycles. The van der Waals surface area contributed by atoms with Crippen molar-refractivity contribution in [3.8, 4) is 22.8 Å². The van der Waals surface area contributed by atoms with Gasteiger partial charge in [-0.1, -0.05) is 18.2 Å². The monoisotopic (exact) mass is 728 g/mol. The number of anilines is 1. The average molecular weight is 729 g/mol. The van der Waals surface area contributed by atoms with E-state index in [1.807, 2.05) is 6.07 Å². The SMILES string of the molecule is O=C(NCC(C(=O)Nc1cc(-c2nn[nH]n2)cc(-c2nn[nH]n2)c1)c1ccccc1F)c1cc2cc[nH]c2cc1C(=O)NCC12CC3CC(CC(C3)C1)C2. The molecule has 3 aromatic heterocycles. The molecular formula is C38H37FN12O3. The molecule has 1 atom stereocenters. The number of aromatic nitrogens is 9. The number of tetrazole rings is 2. The van der Waals surface area contributed by atoms with Crippen LogP contribution in [0.2, 0.25) is 0 Å². The lowest BCUT2D eigenvalue weighted by Gasteiger charge is -2.56. The molecule has 54 heavy (non-hydrogen) atoms. The van der Waals surface area contributed by atoms with Crippen LogP contribution in [0.3, 0.4) is 0 Å². The van der Waals surface area contributed by atoms with Crippen LogP contribution in [0.15, 0.2) is 66.9 Å². The van der Waals surface area contributed by atoms with E-state index in [1.165, 1.54) is 37.5 Å². The van der Waals surface area contributed by atoms with E-state index in [9.17, 15) is 14.4 Å². The molecule has 0 saturated heterocycles. The van der Waals surface area contributed by atoms with Gasteiger partial charge in [0, 0.05) is 52.6 Å². The van der Waals surface area contributed by atoms with Crippen LogP contribution in [0.25, 0.3) is 33.7 Å². The predicted octanol–water partition coefficient (Wildman–Crippen LogP) is 4.77. The van der Waals surface area contributed by atoms with Crippen LogP contribution in [0.1, 0.15) is 70.7 Å². The Balaban J connectivity index is 0.969. The maximum absolute atomic E-state index is 15.3. The third-order valence-electron chi connectivity index (χ3n) is 11.4. The van der Waals surface area contributed by atoms with Gasteiger partial charge in [0.25, 0.3) is 11.8 Å². The predicted molar refractivity (Wildman–Crippen MR) is 194 cm³/mol. The number of halogens is 1. The number of benzene rings is 3. The third kappa shape index (κ3) is 6.47. The van der Waals surface area contributed by atoms with Crippen LogP contribution in [0.5, 0.6) is 0 Å². The number of H-pyrrole nitrogens is 3. The number of carbonyl (C=O) groups is 3. The van der Waals surface area contributed by atoms with E-state index in [0.717, 1.165) is 47.9 Å². The molecule has 3 aromatic carbocycles. The molecule has 6 N–H and O–H groups in total. The van der Waals surface area contributed by atoms with Gasteiger partial charge in [-0.05, 0) is 115 Å². The van der Waals surface area contributed by atoms with Crippen LogP contribution < -0.4 is 16.0 Å². The highest BCUT2D eigenvalue weighted by molar-refractivity contribution is 6.10. The van der Waals surface area contributed by atoms with Gasteiger partial charge in [0.05, 0.1) is 17.0 Å². The number of carbonyl (C=O) groups excluding carboxylic acids is 3. The average Bonchev–Trinajstić information content (AvgIpc) is 3.97. The number of hydrogen-bond donors (Lipinski definition) is 6. The van der Waals surface area contributed by atoms with Crippen molar-refractivity contribution >= 4 is 34.3 Å². The molecule has 3 heterocycles.